The van der Waals surface area contributed by atoms with Gasteiger partial charge >= 0.3 is 0 Å². The summed E-state index contributed by atoms with van der Waals surface area (Å²) >= 11 is 0. The number of hydrogen-bond acceptors (Lipinski definition) is 2. The highest BCUT2D eigenvalue weighted by Crippen LogP contribution is 2.05. The molecular weight excluding hydrogens is 198 g/mol. The highest BCUT2D eigenvalue weighted by Gasteiger charge is 1.99. The van der Waals surface area contributed by atoms with Crippen LogP contribution in [-0.2, 0) is 6.42 Å². The third kappa shape index (κ3) is 5.22. The average molecular weight is 216 g/mol. The van der Waals surface area contributed by atoms with Crippen molar-refractivity contribution in [1.29, 1.82) is 0 Å². The van der Waals surface area contributed by atoms with Crippen molar-refractivity contribution in [2.45, 2.75) is 25.3 Å². The molecular formula is C11H18ClNO. The Kier molecular flexibility index (Phi) is 7.48. The summed E-state index contributed by atoms with van der Waals surface area (Å²) in [7, 11) is 0. The van der Waals surface area contributed by atoms with Crippen molar-refractivity contribution >= 4 is 12.4 Å². The van der Waals surface area contributed by atoms with E-state index in [-0.39, 0.29) is 25.1 Å². The van der Waals surface area contributed by atoms with Gasteiger partial charge in [0.25, 0.3) is 0 Å². The third-order valence-electron chi connectivity index (χ3n) is 2.12. The Hall–Kier alpha value is -0.570. The monoisotopic (exact) mass is 215 g/mol. The first-order chi connectivity index (χ1) is 6.33. The van der Waals surface area contributed by atoms with Gasteiger partial charge in [0.2, 0.25) is 0 Å². The molecule has 1 rings (SSSR count). The lowest BCUT2D eigenvalue weighted by Gasteiger charge is -2.06. The first kappa shape index (κ1) is 13.4. The standard InChI is InChI=1S/C11H17NO.ClH/c12-11(9-13)8-4-7-10-5-2-1-3-6-10;/h1-3,5-6,11,13H,4,7-9,12H2;1H. The molecule has 0 aliphatic rings. The fourth-order valence-electron chi connectivity index (χ4n) is 1.30. The van der Waals surface area contributed by atoms with Crippen LogP contribution < -0.4 is 5.73 Å². The molecule has 0 heterocycles. The van der Waals surface area contributed by atoms with Crippen LogP contribution in [0.5, 0.6) is 0 Å². The van der Waals surface area contributed by atoms with Gasteiger partial charge in [0.15, 0.2) is 0 Å². The molecule has 0 aliphatic carbocycles. The number of rotatable bonds is 5. The van der Waals surface area contributed by atoms with E-state index in [1.165, 1.54) is 5.56 Å². The molecule has 80 valence electrons. The Morgan fingerprint density at radius 1 is 1.21 bits per heavy atom. The zero-order chi connectivity index (χ0) is 9.52. The van der Waals surface area contributed by atoms with E-state index in [4.69, 9.17) is 10.8 Å². The van der Waals surface area contributed by atoms with Gasteiger partial charge in [-0.05, 0) is 24.8 Å². The number of aliphatic hydroxyl groups excluding tert-OH is 1. The first-order valence-corrected chi connectivity index (χ1v) is 4.73. The SMILES string of the molecule is Cl.NC(CO)CCCc1ccccc1. The molecule has 0 aliphatic heterocycles. The zero-order valence-corrected chi connectivity index (χ0v) is 9.04. The van der Waals surface area contributed by atoms with Crippen LogP contribution >= 0.6 is 12.4 Å². The highest BCUT2D eigenvalue weighted by molar-refractivity contribution is 5.85. The van der Waals surface area contributed by atoms with Crippen LogP contribution in [0.4, 0.5) is 0 Å². The smallest absolute Gasteiger partial charge is 0.0582 e. The predicted molar refractivity (Wildman–Crippen MR) is 61.7 cm³/mol. The van der Waals surface area contributed by atoms with Gasteiger partial charge in [-0.25, -0.2) is 0 Å². The Morgan fingerprint density at radius 3 is 2.43 bits per heavy atom. The number of aliphatic hydroxyl groups is 1. The third-order valence-corrected chi connectivity index (χ3v) is 2.12. The first-order valence-electron chi connectivity index (χ1n) is 4.73. The number of hydrogen-bond donors (Lipinski definition) is 2. The molecule has 1 unspecified atom stereocenters. The number of nitrogens with two attached hydrogens (primary N) is 1. The Bertz CT molecular complexity index is 228. The van der Waals surface area contributed by atoms with Crippen LogP contribution in [0.1, 0.15) is 18.4 Å². The fraction of sp³-hybridized carbons (Fsp3) is 0.455. The summed E-state index contributed by atoms with van der Waals surface area (Å²) in [4.78, 5) is 0. The lowest BCUT2D eigenvalue weighted by atomic mass is 10.1. The van der Waals surface area contributed by atoms with Crippen LogP contribution in [0.15, 0.2) is 30.3 Å². The van der Waals surface area contributed by atoms with Gasteiger partial charge in [-0.2, -0.15) is 0 Å². The highest BCUT2D eigenvalue weighted by atomic mass is 35.5. The molecule has 1 atom stereocenters. The van der Waals surface area contributed by atoms with Gasteiger partial charge in [-0.1, -0.05) is 30.3 Å². The van der Waals surface area contributed by atoms with Crippen molar-refractivity contribution in [3.05, 3.63) is 35.9 Å². The molecule has 3 N–H and O–H groups in total. The van der Waals surface area contributed by atoms with Gasteiger partial charge in [0.1, 0.15) is 0 Å². The van der Waals surface area contributed by atoms with Crippen molar-refractivity contribution in [3.8, 4) is 0 Å². The summed E-state index contributed by atoms with van der Waals surface area (Å²) in [5, 5.41) is 8.71. The second kappa shape index (κ2) is 7.80. The number of aryl methyl sites for hydroxylation is 1. The molecule has 1 aromatic carbocycles. The zero-order valence-electron chi connectivity index (χ0n) is 8.23. The van der Waals surface area contributed by atoms with E-state index in [0.29, 0.717) is 0 Å². The summed E-state index contributed by atoms with van der Waals surface area (Å²) in [6.45, 7) is 0.0921. The lowest BCUT2D eigenvalue weighted by Crippen LogP contribution is -2.24. The van der Waals surface area contributed by atoms with Gasteiger partial charge in [-0.15, -0.1) is 12.4 Å². The molecule has 1 aromatic rings. The summed E-state index contributed by atoms with van der Waals surface area (Å²) in [5.41, 5.74) is 6.93. The molecule has 3 heteroatoms. The molecule has 0 radical (unpaired) electrons. The second-order valence-electron chi connectivity index (χ2n) is 3.32. The minimum atomic E-state index is -0.0521. The summed E-state index contributed by atoms with van der Waals surface area (Å²) < 4.78 is 0. The summed E-state index contributed by atoms with van der Waals surface area (Å²) in [6, 6.07) is 10.3. The quantitative estimate of drug-likeness (QED) is 0.786. The summed E-state index contributed by atoms with van der Waals surface area (Å²) in [5.74, 6) is 0. The van der Waals surface area contributed by atoms with Gasteiger partial charge in [0.05, 0.1) is 6.61 Å². The minimum absolute atomic E-state index is 0. The van der Waals surface area contributed by atoms with Crippen molar-refractivity contribution in [1.82, 2.24) is 0 Å². The molecule has 0 saturated heterocycles. The van der Waals surface area contributed by atoms with E-state index < -0.39 is 0 Å². The van der Waals surface area contributed by atoms with E-state index in [2.05, 4.69) is 12.1 Å². The van der Waals surface area contributed by atoms with Crippen LogP contribution in [0, 0.1) is 0 Å². The van der Waals surface area contributed by atoms with Gasteiger partial charge in [0, 0.05) is 6.04 Å². The normalized spacial score (nSPS) is 11.9. The largest absolute Gasteiger partial charge is 0.395 e. The van der Waals surface area contributed by atoms with E-state index in [1.54, 1.807) is 0 Å². The van der Waals surface area contributed by atoms with Crippen LogP contribution in [0.3, 0.4) is 0 Å². The van der Waals surface area contributed by atoms with Crippen molar-refractivity contribution in [2.24, 2.45) is 5.73 Å². The molecule has 0 bridgehead atoms. The van der Waals surface area contributed by atoms with E-state index in [0.717, 1.165) is 19.3 Å². The van der Waals surface area contributed by atoms with Crippen molar-refractivity contribution in [3.63, 3.8) is 0 Å². The van der Waals surface area contributed by atoms with Gasteiger partial charge in [-0.3, -0.25) is 0 Å². The van der Waals surface area contributed by atoms with Gasteiger partial charge < -0.3 is 10.8 Å². The molecule has 0 saturated carbocycles. The van der Waals surface area contributed by atoms with Crippen molar-refractivity contribution in [2.75, 3.05) is 6.61 Å². The van der Waals surface area contributed by atoms with Crippen LogP contribution in [0.2, 0.25) is 0 Å². The lowest BCUT2D eigenvalue weighted by molar-refractivity contribution is 0.258. The molecule has 0 amide bonds. The van der Waals surface area contributed by atoms with E-state index in [1.807, 2.05) is 18.2 Å². The maximum atomic E-state index is 8.71. The fourth-order valence-corrected chi connectivity index (χ4v) is 1.30. The minimum Gasteiger partial charge on any atom is -0.395 e. The Balaban J connectivity index is 0.00000169. The molecule has 0 spiro atoms. The molecule has 0 fully saturated rings. The number of halogens is 1. The van der Waals surface area contributed by atoms with Crippen LogP contribution in [-0.4, -0.2) is 17.8 Å². The average Bonchev–Trinajstić information content (AvgIpc) is 2.19. The number of benzene rings is 1. The van der Waals surface area contributed by atoms with E-state index >= 15 is 0 Å². The second-order valence-corrected chi connectivity index (χ2v) is 3.32. The van der Waals surface area contributed by atoms with E-state index in [9.17, 15) is 0 Å². The molecule has 0 aromatic heterocycles. The molecule has 2 nitrogen and oxygen atoms in total. The Morgan fingerprint density at radius 2 is 1.86 bits per heavy atom. The predicted octanol–water partition coefficient (Wildman–Crippen LogP) is 1.75. The Labute approximate surface area is 91.5 Å². The maximum absolute atomic E-state index is 8.71. The van der Waals surface area contributed by atoms with Crippen LogP contribution in [0.25, 0.3) is 0 Å². The topological polar surface area (TPSA) is 46.2 Å². The molecule has 14 heavy (non-hydrogen) atoms. The van der Waals surface area contributed by atoms with Crippen molar-refractivity contribution < 1.29 is 5.11 Å². The summed E-state index contributed by atoms with van der Waals surface area (Å²) in [6.07, 6.45) is 2.99. The maximum Gasteiger partial charge on any atom is 0.0582 e.